The van der Waals surface area contributed by atoms with Crippen LogP contribution in [-0.2, 0) is 0 Å². The van der Waals surface area contributed by atoms with Gasteiger partial charge in [-0.05, 0) is 51.3 Å². The largest absolute Gasteiger partial charge is 0.450 e. The molecule has 0 bridgehead atoms. The topological polar surface area (TPSA) is 54.3 Å². The van der Waals surface area contributed by atoms with Crippen LogP contribution >= 0.6 is 0 Å². The number of para-hydroxylation sites is 1. The SMILES string of the molecule is Cc1c(C(=O)NCCC2CCNC2)oc2c(C)cccc12. The number of rotatable bonds is 4. The lowest BCUT2D eigenvalue weighted by Crippen LogP contribution is -2.26. The van der Waals surface area contributed by atoms with Gasteiger partial charge in [0.15, 0.2) is 5.76 Å². The molecular weight excluding hydrogens is 264 g/mol. The van der Waals surface area contributed by atoms with Crippen molar-refractivity contribution in [2.45, 2.75) is 26.7 Å². The molecule has 1 aliphatic heterocycles. The molecule has 3 rings (SSSR count). The monoisotopic (exact) mass is 286 g/mol. The Morgan fingerprint density at radius 3 is 3.00 bits per heavy atom. The zero-order valence-electron chi connectivity index (χ0n) is 12.7. The summed E-state index contributed by atoms with van der Waals surface area (Å²) in [5, 5.41) is 7.36. The molecule has 1 unspecified atom stereocenters. The van der Waals surface area contributed by atoms with Crippen LogP contribution in [0.2, 0.25) is 0 Å². The van der Waals surface area contributed by atoms with E-state index in [4.69, 9.17) is 4.42 Å². The molecule has 2 N–H and O–H groups in total. The number of furan rings is 1. The maximum atomic E-state index is 12.3. The standard InChI is InChI=1S/C17H22N2O2/c1-11-4-3-5-14-12(2)16(21-15(11)14)17(20)19-9-7-13-6-8-18-10-13/h3-5,13,18H,6-10H2,1-2H3,(H,19,20). The molecule has 1 fully saturated rings. The van der Waals surface area contributed by atoms with Gasteiger partial charge in [0.1, 0.15) is 5.58 Å². The fourth-order valence-electron chi connectivity index (χ4n) is 3.03. The normalized spacial score (nSPS) is 18.3. The number of amides is 1. The highest BCUT2D eigenvalue weighted by atomic mass is 16.3. The maximum absolute atomic E-state index is 12.3. The van der Waals surface area contributed by atoms with Crippen molar-refractivity contribution >= 4 is 16.9 Å². The summed E-state index contributed by atoms with van der Waals surface area (Å²) in [4.78, 5) is 12.3. The first-order valence-corrected chi connectivity index (χ1v) is 7.64. The van der Waals surface area contributed by atoms with E-state index in [0.29, 0.717) is 18.2 Å². The van der Waals surface area contributed by atoms with Gasteiger partial charge in [0.2, 0.25) is 0 Å². The summed E-state index contributed by atoms with van der Waals surface area (Å²) in [5.41, 5.74) is 2.81. The Bertz CT molecular complexity index is 654. The smallest absolute Gasteiger partial charge is 0.287 e. The van der Waals surface area contributed by atoms with Crippen molar-refractivity contribution in [2.75, 3.05) is 19.6 Å². The third-order valence-electron chi connectivity index (χ3n) is 4.37. The minimum atomic E-state index is -0.103. The molecule has 1 aliphatic rings. The summed E-state index contributed by atoms with van der Waals surface area (Å²) in [5.74, 6) is 1.03. The van der Waals surface area contributed by atoms with Crippen LogP contribution in [0.25, 0.3) is 11.0 Å². The van der Waals surface area contributed by atoms with Crippen LogP contribution in [0.5, 0.6) is 0 Å². The first-order valence-electron chi connectivity index (χ1n) is 7.64. The van der Waals surface area contributed by atoms with E-state index < -0.39 is 0 Å². The quantitative estimate of drug-likeness (QED) is 0.908. The number of hydrogen-bond donors (Lipinski definition) is 2. The Labute approximate surface area is 124 Å². The molecule has 0 aliphatic carbocycles. The van der Waals surface area contributed by atoms with E-state index in [1.54, 1.807) is 0 Å². The second-order valence-electron chi connectivity index (χ2n) is 5.91. The Morgan fingerprint density at radius 1 is 1.43 bits per heavy atom. The number of carbonyl (C=O) groups is 1. The van der Waals surface area contributed by atoms with E-state index in [1.807, 2.05) is 32.0 Å². The van der Waals surface area contributed by atoms with E-state index in [9.17, 15) is 4.79 Å². The number of aryl methyl sites for hydroxylation is 2. The van der Waals surface area contributed by atoms with Crippen molar-refractivity contribution in [3.63, 3.8) is 0 Å². The molecule has 112 valence electrons. The van der Waals surface area contributed by atoms with Gasteiger partial charge in [0.25, 0.3) is 5.91 Å². The van der Waals surface area contributed by atoms with Crippen LogP contribution in [0.15, 0.2) is 22.6 Å². The van der Waals surface area contributed by atoms with Crippen LogP contribution in [0.1, 0.15) is 34.5 Å². The van der Waals surface area contributed by atoms with Crippen LogP contribution in [0.3, 0.4) is 0 Å². The predicted molar refractivity (Wildman–Crippen MR) is 83.6 cm³/mol. The number of fused-ring (bicyclic) bond motifs is 1. The summed E-state index contributed by atoms with van der Waals surface area (Å²) in [6.45, 7) is 6.82. The Balaban J connectivity index is 1.69. The van der Waals surface area contributed by atoms with Gasteiger partial charge in [0.05, 0.1) is 0 Å². The first-order chi connectivity index (χ1) is 10.2. The highest BCUT2D eigenvalue weighted by Gasteiger charge is 2.19. The van der Waals surface area contributed by atoms with Crippen LogP contribution in [-0.4, -0.2) is 25.5 Å². The molecule has 1 atom stereocenters. The molecule has 4 heteroatoms. The van der Waals surface area contributed by atoms with Crippen LogP contribution in [0.4, 0.5) is 0 Å². The molecule has 1 amide bonds. The molecule has 0 radical (unpaired) electrons. The third kappa shape index (κ3) is 2.81. The van der Waals surface area contributed by atoms with E-state index in [2.05, 4.69) is 10.6 Å². The van der Waals surface area contributed by atoms with Gasteiger partial charge in [-0.1, -0.05) is 18.2 Å². The predicted octanol–water partition coefficient (Wildman–Crippen LogP) is 2.78. The summed E-state index contributed by atoms with van der Waals surface area (Å²) < 4.78 is 5.79. The second kappa shape index (κ2) is 5.90. The highest BCUT2D eigenvalue weighted by Crippen LogP contribution is 2.27. The fraction of sp³-hybridized carbons (Fsp3) is 0.471. The number of benzene rings is 1. The molecule has 1 aromatic heterocycles. The lowest BCUT2D eigenvalue weighted by molar-refractivity contribution is 0.0925. The van der Waals surface area contributed by atoms with Crippen molar-refractivity contribution < 1.29 is 9.21 Å². The molecule has 2 heterocycles. The molecule has 1 aromatic carbocycles. The van der Waals surface area contributed by atoms with Crippen molar-refractivity contribution in [3.8, 4) is 0 Å². The minimum absolute atomic E-state index is 0.103. The number of hydrogen-bond acceptors (Lipinski definition) is 3. The summed E-state index contributed by atoms with van der Waals surface area (Å²) >= 11 is 0. The van der Waals surface area contributed by atoms with Crippen molar-refractivity contribution in [1.82, 2.24) is 10.6 Å². The van der Waals surface area contributed by atoms with Gasteiger partial charge < -0.3 is 15.1 Å². The fourth-order valence-corrected chi connectivity index (χ4v) is 3.03. The lowest BCUT2D eigenvalue weighted by Gasteiger charge is -2.08. The Morgan fingerprint density at radius 2 is 2.29 bits per heavy atom. The second-order valence-corrected chi connectivity index (χ2v) is 5.91. The summed E-state index contributed by atoms with van der Waals surface area (Å²) in [6, 6.07) is 6.00. The van der Waals surface area contributed by atoms with Crippen molar-refractivity contribution in [2.24, 2.45) is 5.92 Å². The average Bonchev–Trinajstić information content (AvgIpc) is 3.08. The Kier molecular flexibility index (Phi) is 3.97. The minimum Gasteiger partial charge on any atom is -0.450 e. The van der Waals surface area contributed by atoms with Gasteiger partial charge in [-0.2, -0.15) is 0 Å². The zero-order chi connectivity index (χ0) is 14.8. The lowest BCUT2D eigenvalue weighted by atomic mass is 10.1. The molecule has 1 saturated heterocycles. The first kappa shape index (κ1) is 14.1. The van der Waals surface area contributed by atoms with Crippen LogP contribution < -0.4 is 10.6 Å². The van der Waals surface area contributed by atoms with Gasteiger partial charge >= 0.3 is 0 Å². The number of nitrogens with one attached hydrogen (secondary N) is 2. The number of carbonyl (C=O) groups excluding carboxylic acids is 1. The molecule has 2 aromatic rings. The van der Waals surface area contributed by atoms with E-state index in [-0.39, 0.29) is 5.91 Å². The Hall–Kier alpha value is -1.81. The molecule has 21 heavy (non-hydrogen) atoms. The van der Waals surface area contributed by atoms with E-state index in [0.717, 1.165) is 41.6 Å². The maximum Gasteiger partial charge on any atom is 0.287 e. The third-order valence-corrected chi connectivity index (χ3v) is 4.37. The van der Waals surface area contributed by atoms with Crippen molar-refractivity contribution in [1.29, 1.82) is 0 Å². The molecular formula is C17H22N2O2. The molecule has 4 nitrogen and oxygen atoms in total. The van der Waals surface area contributed by atoms with Gasteiger partial charge in [0, 0.05) is 17.5 Å². The van der Waals surface area contributed by atoms with E-state index >= 15 is 0 Å². The van der Waals surface area contributed by atoms with Crippen LogP contribution in [0, 0.1) is 19.8 Å². The van der Waals surface area contributed by atoms with Gasteiger partial charge in [-0.3, -0.25) is 4.79 Å². The average molecular weight is 286 g/mol. The highest BCUT2D eigenvalue weighted by molar-refractivity contribution is 5.99. The molecule has 0 spiro atoms. The van der Waals surface area contributed by atoms with Gasteiger partial charge in [-0.15, -0.1) is 0 Å². The van der Waals surface area contributed by atoms with Crippen molar-refractivity contribution in [3.05, 3.63) is 35.1 Å². The van der Waals surface area contributed by atoms with E-state index in [1.165, 1.54) is 6.42 Å². The summed E-state index contributed by atoms with van der Waals surface area (Å²) in [6.07, 6.45) is 2.23. The summed E-state index contributed by atoms with van der Waals surface area (Å²) in [7, 11) is 0. The zero-order valence-corrected chi connectivity index (χ0v) is 12.7. The van der Waals surface area contributed by atoms with Gasteiger partial charge in [-0.25, -0.2) is 0 Å². The molecule has 0 saturated carbocycles.